The standard InChI is InChI=1S/C48H31NOS2/c1-3-11-33(12-4-1)49(34-13-5-2-6-14-34)42-19-10-18-41-40-17-9-16-35(47(40)52-48(41)42)32-23-25-37-36-24-21-30(27-43(36)50-44(37)28-32)31-22-26-39-38-15-7-8-20-45(38)51-46(39)29-31/h1-26,28-30H,27H2. The van der Waals surface area contributed by atoms with Crippen molar-refractivity contribution in [3.05, 3.63) is 181 Å². The number of hydrogen-bond donors (Lipinski definition) is 0. The Kier molecular flexibility index (Phi) is 6.76. The molecule has 10 aromatic rings. The fourth-order valence-electron chi connectivity index (χ4n) is 8.14. The third-order valence-electron chi connectivity index (χ3n) is 10.6. The first-order valence-electron chi connectivity index (χ1n) is 17.8. The summed E-state index contributed by atoms with van der Waals surface area (Å²) in [5.74, 6) is 1.36. The first kappa shape index (κ1) is 29.8. The number of anilines is 3. The monoisotopic (exact) mass is 701 g/mol. The van der Waals surface area contributed by atoms with E-state index in [1.54, 1.807) is 0 Å². The van der Waals surface area contributed by atoms with Crippen molar-refractivity contribution < 1.29 is 4.42 Å². The first-order valence-corrected chi connectivity index (χ1v) is 19.4. The summed E-state index contributed by atoms with van der Waals surface area (Å²) in [4.78, 5) is 2.37. The highest BCUT2D eigenvalue weighted by Gasteiger charge is 2.23. The molecule has 0 saturated carbocycles. The van der Waals surface area contributed by atoms with E-state index in [-0.39, 0.29) is 5.92 Å². The Morgan fingerprint density at radius 1 is 0.538 bits per heavy atom. The van der Waals surface area contributed by atoms with Gasteiger partial charge in [-0.2, -0.15) is 0 Å². The summed E-state index contributed by atoms with van der Waals surface area (Å²) >= 11 is 3.76. The van der Waals surface area contributed by atoms with Crippen LogP contribution < -0.4 is 4.90 Å². The van der Waals surface area contributed by atoms with Crippen LogP contribution in [0, 0.1) is 0 Å². The van der Waals surface area contributed by atoms with Crippen molar-refractivity contribution in [3.8, 4) is 11.1 Å². The lowest BCUT2D eigenvalue weighted by Gasteiger charge is -2.25. The Morgan fingerprint density at radius 2 is 1.23 bits per heavy atom. The van der Waals surface area contributed by atoms with Crippen LogP contribution >= 0.6 is 22.7 Å². The van der Waals surface area contributed by atoms with Gasteiger partial charge in [-0.05, 0) is 71.3 Å². The van der Waals surface area contributed by atoms with Crippen LogP contribution in [0.5, 0.6) is 0 Å². The van der Waals surface area contributed by atoms with Gasteiger partial charge in [-0.1, -0.05) is 115 Å². The Hall–Kier alpha value is -5.94. The molecule has 0 aliphatic heterocycles. The summed E-state index contributed by atoms with van der Waals surface area (Å²) < 4.78 is 12.0. The van der Waals surface area contributed by atoms with Crippen molar-refractivity contribution in [3.63, 3.8) is 0 Å². The molecule has 0 bridgehead atoms. The topological polar surface area (TPSA) is 16.4 Å². The number of hydrogen-bond acceptors (Lipinski definition) is 4. The molecule has 3 heterocycles. The van der Waals surface area contributed by atoms with Crippen molar-refractivity contribution in [2.45, 2.75) is 12.3 Å². The Labute approximate surface area is 309 Å². The third kappa shape index (κ3) is 4.68. The van der Waals surface area contributed by atoms with Crippen molar-refractivity contribution in [1.82, 2.24) is 0 Å². The van der Waals surface area contributed by atoms with E-state index in [0.717, 1.165) is 29.1 Å². The van der Waals surface area contributed by atoms with Gasteiger partial charge >= 0.3 is 0 Å². The second kappa shape index (κ2) is 11.8. The lowest BCUT2D eigenvalue weighted by atomic mass is 9.88. The molecule has 0 amide bonds. The van der Waals surface area contributed by atoms with Crippen LogP contribution in [-0.4, -0.2) is 0 Å². The van der Waals surface area contributed by atoms with Crippen LogP contribution in [0.2, 0.25) is 0 Å². The third-order valence-corrected chi connectivity index (χ3v) is 13.0. The number of para-hydroxylation sites is 2. The maximum absolute atomic E-state index is 6.71. The number of furan rings is 1. The van der Waals surface area contributed by atoms with E-state index in [0.29, 0.717) is 0 Å². The molecular formula is C48H31NOS2. The van der Waals surface area contributed by atoms with E-state index in [1.165, 1.54) is 73.7 Å². The van der Waals surface area contributed by atoms with Gasteiger partial charge in [0, 0.05) is 70.3 Å². The molecule has 1 aliphatic carbocycles. The van der Waals surface area contributed by atoms with Crippen LogP contribution in [0.1, 0.15) is 22.8 Å². The van der Waals surface area contributed by atoms with Gasteiger partial charge < -0.3 is 9.32 Å². The molecule has 0 spiro atoms. The second-order valence-corrected chi connectivity index (χ2v) is 15.7. The molecule has 0 N–H and O–H groups in total. The summed E-state index contributed by atoms with van der Waals surface area (Å²) in [6, 6.07) is 57.2. The first-order chi connectivity index (χ1) is 25.8. The van der Waals surface area contributed by atoms with E-state index in [1.807, 2.05) is 22.7 Å². The smallest absolute Gasteiger partial charge is 0.135 e. The lowest BCUT2D eigenvalue weighted by Crippen LogP contribution is -2.09. The van der Waals surface area contributed by atoms with E-state index in [4.69, 9.17) is 4.42 Å². The molecule has 1 unspecified atom stereocenters. The van der Waals surface area contributed by atoms with E-state index < -0.39 is 0 Å². The minimum Gasteiger partial charge on any atom is -0.460 e. The quantitative estimate of drug-likeness (QED) is 0.178. The fourth-order valence-corrected chi connectivity index (χ4v) is 10.6. The average Bonchev–Trinajstić information content (AvgIpc) is 3.89. The van der Waals surface area contributed by atoms with Crippen molar-refractivity contribution in [1.29, 1.82) is 0 Å². The summed E-state index contributed by atoms with van der Waals surface area (Å²) in [5.41, 5.74) is 9.39. The highest BCUT2D eigenvalue weighted by atomic mass is 32.1. The molecule has 246 valence electrons. The molecule has 11 rings (SSSR count). The SMILES string of the molecule is C1=CC(c2ccc3c(c2)sc2ccccc23)Cc2oc3cc(-c4cccc5c4sc4c(N(c6ccccc6)c6ccccc6)cccc45)ccc3c21. The minimum atomic E-state index is 0.287. The molecule has 0 fully saturated rings. The van der Waals surface area contributed by atoms with Gasteiger partial charge in [-0.15, -0.1) is 22.7 Å². The minimum absolute atomic E-state index is 0.287. The van der Waals surface area contributed by atoms with Gasteiger partial charge in [-0.3, -0.25) is 0 Å². The van der Waals surface area contributed by atoms with Gasteiger partial charge in [0.15, 0.2) is 0 Å². The molecule has 2 nitrogen and oxygen atoms in total. The number of thiophene rings is 2. The molecule has 3 aromatic heterocycles. The maximum atomic E-state index is 6.71. The van der Waals surface area contributed by atoms with Crippen LogP contribution in [0.15, 0.2) is 168 Å². The van der Waals surface area contributed by atoms with Gasteiger partial charge in [0.2, 0.25) is 0 Å². The van der Waals surface area contributed by atoms with Crippen LogP contribution in [0.4, 0.5) is 17.1 Å². The van der Waals surface area contributed by atoms with Crippen LogP contribution in [-0.2, 0) is 6.42 Å². The van der Waals surface area contributed by atoms with Crippen molar-refractivity contribution in [2.75, 3.05) is 4.90 Å². The molecule has 0 saturated heterocycles. The molecular weight excluding hydrogens is 671 g/mol. The Balaban J connectivity index is 0.980. The van der Waals surface area contributed by atoms with Gasteiger partial charge in [-0.25, -0.2) is 0 Å². The molecule has 7 aromatic carbocycles. The second-order valence-electron chi connectivity index (χ2n) is 13.6. The predicted molar refractivity (Wildman–Crippen MR) is 224 cm³/mol. The highest BCUT2D eigenvalue weighted by molar-refractivity contribution is 7.27. The zero-order valence-corrected chi connectivity index (χ0v) is 29.8. The number of rotatable bonds is 5. The van der Waals surface area contributed by atoms with Gasteiger partial charge in [0.05, 0.1) is 10.4 Å². The predicted octanol–water partition coefficient (Wildman–Crippen LogP) is 14.7. The molecule has 1 atom stereocenters. The molecule has 1 aliphatic rings. The number of allylic oxidation sites excluding steroid dienone is 1. The number of fused-ring (bicyclic) bond motifs is 9. The number of benzene rings is 7. The lowest BCUT2D eigenvalue weighted by molar-refractivity contribution is 0.533. The zero-order chi connectivity index (χ0) is 34.2. The number of nitrogens with zero attached hydrogens (tertiary/aromatic N) is 1. The van der Waals surface area contributed by atoms with Gasteiger partial charge in [0.25, 0.3) is 0 Å². The molecule has 4 heteroatoms. The van der Waals surface area contributed by atoms with E-state index in [2.05, 4.69) is 175 Å². The summed E-state index contributed by atoms with van der Waals surface area (Å²) in [6.45, 7) is 0. The maximum Gasteiger partial charge on any atom is 0.135 e. The molecule has 52 heavy (non-hydrogen) atoms. The fraction of sp³-hybridized carbons (Fsp3) is 0.0417. The Morgan fingerprint density at radius 3 is 2.06 bits per heavy atom. The van der Waals surface area contributed by atoms with E-state index in [9.17, 15) is 0 Å². The van der Waals surface area contributed by atoms with Gasteiger partial charge in [0.1, 0.15) is 11.3 Å². The Bertz CT molecular complexity index is 2960. The van der Waals surface area contributed by atoms with E-state index >= 15 is 0 Å². The highest BCUT2D eigenvalue weighted by Crippen LogP contribution is 2.48. The zero-order valence-electron chi connectivity index (χ0n) is 28.1. The summed E-state index contributed by atoms with van der Waals surface area (Å²) in [7, 11) is 0. The van der Waals surface area contributed by atoms with Crippen molar-refractivity contribution in [2.24, 2.45) is 0 Å². The normalized spacial score (nSPS) is 14.2. The molecule has 0 radical (unpaired) electrons. The largest absolute Gasteiger partial charge is 0.460 e. The van der Waals surface area contributed by atoms with Crippen LogP contribution in [0.25, 0.3) is 68.5 Å². The van der Waals surface area contributed by atoms with Crippen LogP contribution in [0.3, 0.4) is 0 Å². The summed E-state index contributed by atoms with van der Waals surface area (Å²) in [6.07, 6.45) is 5.51. The van der Waals surface area contributed by atoms with Crippen molar-refractivity contribution >= 4 is 97.1 Å². The summed E-state index contributed by atoms with van der Waals surface area (Å²) in [5, 5.41) is 6.42. The average molecular weight is 702 g/mol.